The van der Waals surface area contributed by atoms with Gasteiger partial charge in [-0.15, -0.1) is 0 Å². The Balaban J connectivity index is 1.61. The number of carbonyl (C=O) groups excluding carboxylic acids is 1. The van der Waals surface area contributed by atoms with E-state index in [4.69, 9.17) is 9.47 Å². The highest BCUT2D eigenvalue weighted by Gasteiger charge is 2.86. The number of hydrogen-bond donors (Lipinski definition) is 0. The third-order valence-electron chi connectivity index (χ3n) is 9.09. The number of carbonyl (C=O) groups is 1. The number of rotatable bonds is 3. The van der Waals surface area contributed by atoms with Crippen LogP contribution in [-0.2, 0) is 35.5 Å². The van der Waals surface area contributed by atoms with E-state index in [1.165, 1.54) is 13.2 Å². The van der Waals surface area contributed by atoms with E-state index in [0.29, 0.717) is 24.4 Å². The Labute approximate surface area is 215 Å². The predicted octanol–water partition coefficient (Wildman–Crippen LogP) is 4.13. The lowest BCUT2D eigenvalue weighted by Gasteiger charge is -2.28. The number of imidazole rings is 1. The van der Waals surface area contributed by atoms with Crippen LogP contribution in [0.2, 0.25) is 0 Å². The van der Waals surface area contributed by atoms with Crippen molar-refractivity contribution in [1.82, 2.24) is 4.57 Å². The van der Waals surface area contributed by atoms with Crippen LogP contribution in [0.1, 0.15) is 47.6 Å². The van der Waals surface area contributed by atoms with E-state index in [-0.39, 0.29) is 16.8 Å². The number of methoxy groups -OCH3 is 1. The van der Waals surface area contributed by atoms with Gasteiger partial charge >= 0.3 is 12.1 Å². The van der Waals surface area contributed by atoms with Gasteiger partial charge < -0.3 is 9.47 Å². The van der Waals surface area contributed by atoms with Crippen molar-refractivity contribution in [3.05, 3.63) is 64.9 Å². The highest BCUT2D eigenvalue weighted by Crippen LogP contribution is 2.72. The lowest BCUT2D eigenvalue weighted by Crippen LogP contribution is -2.55. The third-order valence-corrected chi connectivity index (χ3v) is 9.09. The molecule has 0 radical (unpaired) electrons. The van der Waals surface area contributed by atoms with Gasteiger partial charge in [0.2, 0.25) is 12.0 Å². The molecular weight excluding hydrogens is 509 g/mol. The fourth-order valence-electron chi connectivity index (χ4n) is 7.38. The van der Waals surface area contributed by atoms with E-state index in [9.17, 15) is 18.0 Å². The predicted molar refractivity (Wildman–Crippen MR) is 122 cm³/mol. The smallest absolute Gasteiger partial charge is 0.422 e. The summed E-state index contributed by atoms with van der Waals surface area (Å²) in [6.07, 6.45) is -2.13. The van der Waals surface area contributed by atoms with Crippen molar-refractivity contribution in [3.8, 4) is 17.0 Å². The molecule has 6 nitrogen and oxygen atoms in total. The first kappa shape index (κ1) is 24.8. The van der Waals surface area contributed by atoms with E-state index in [1.54, 1.807) is 34.6 Å². The van der Waals surface area contributed by atoms with Gasteiger partial charge in [-0.05, 0) is 18.1 Å². The second kappa shape index (κ2) is 7.54. The zero-order chi connectivity index (χ0) is 27.5. The average Bonchev–Trinajstić information content (AvgIpc) is 3.30. The van der Waals surface area contributed by atoms with Gasteiger partial charge in [0.1, 0.15) is 23.7 Å². The first-order valence-electron chi connectivity index (χ1n) is 12.3. The summed E-state index contributed by atoms with van der Waals surface area (Å²) in [5.74, 6) is -4.00. The number of alkyl halides is 3. The molecule has 200 valence electrons. The number of benzene rings is 1. The molecule has 1 saturated carbocycles. The number of pyridine rings is 1. The Bertz CT molecular complexity index is 1550. The number of cyclic esters (lactones) is 1. The van der Waals surface area contributed by atoms with Crippen LogP contribution in [0.4, 0.5) is 22.0 Å². The topological polar surface area (TPSA) is 48.2 Å². The van der Waals surface area contributed by atoms with Crippen LogP contribution in [0.15, 0.2) is 30.7 Å². The summed E-state index contributed by atoms with van der Waals surface area (Å²) in [4.78, 5) is 13.1. The van der Waals surface area contributed by atoms with Gasteiger partial charge in [-0.3, -0.25) is 0 Å². The molecule has 6 rings (SSSR count). The lowest BCUT2D eigenvalue weighted by atomic mass is 9.79. The zero-order valence-corrected chi connectivity index (χ0v) is 21.4. The summed E-state index contributed by atoms with van der Waals surface area (Å²) in [5.41, 5.74) is -2.64. The number of fused-ring (bicyclic) bond motifs is 7. The highest BCUT2D eigenvalue weighted by molar-refractivity contribution is 5.87. The molecule has 0 amide bonds. The molecule has 0 saturated heterocycles. The summed E-state index contributed by atoms with van der Waals surface area (Å²) in [6, 6.07) is 3.92. The van der Waals surface area contributed by atoms with Crippen LogP contribution in [0.3, 0.4) is 0 Å². The molecule has 3 aromatic rings. The van der Waals surface area contributed by atoms with Gasteiger partial charge in [0.25, 0.3) is 5.69 Å². The Hall–Kier alpha value is -3.50. The third kappa shape index (κ3) is 2.79. The van der Waals surface area contributed by atoms with Crippen molar-refractivity contribution in [3.63, 3.8) is 0 Å². The molecule has 1 aliphatic carbocycles. The number of halogens is 5. The molecule has 4 heterocycles. The number of ether oxygens (including phenoxy) is 2. The van der Waals surface area contributed by atoms with E-state index < -0.39 is 52.3 Å². The highest BCUT2D eigenvalue weighted by atomic mass is 19.4. The molecule has 4 unspecified atom stereocenters. The monoisotopic (exact) mass is 535 g/mol. The van der Waals surface area contributed by atoms with Crippen molar-refractivity contribution in [1.29, 1.82) is 0 Å². The molecule has 1 aromatic carbocycles. The SMILES string of the molecule is CCC12c3cc(F)c(C(F)(F)F)c(F)c3-c3cc(OC)cc[n+]3C1(C)C2C1C[n+]2cn(C)c(C)c2C(=O)O1. The summed E-state index contributed by atoms with van der Waals surface area (Å²) in [6.45, 7) is 5.84. The minimum atomic E-state index is -5.23. The van der Waals surface area contributed by atoms with E-state index in [2.05, 4.69) is 0 Å². The zero-order valence-electron chi connectivity index (χ0n) is 21.4. The average molecular weight is 536 g/mol. The number of esters is 1. The molecule has 11 heteroatoms. The fourth-order valence-corrected chi connectivity index (χ4v) is 7.38. The van der Waals surface area contributed by atoms with Crippen LogP contribution >= 0.6 is 0 Å². The van der Waals surface area contributed by atoms with Gasteiger partial charge in [-0.25, -0.2) is 22.7 Å². The van der Waals surface area contributed by atoms with E-state index in [1.807, 2.05) is 25.5 Å². The minimum absolute atomic E-state index is 0.139. The molecule has 3 aliphatic rings. The van der Waals surface area contributed by atoms with Gasteiger partial charge in [0, 0.05) is 19.9 Å². The molecule has 0 spiro atoms. The maximum absolute atomic E-state index is 15.8. The second-order valence-electron chi connectivity index (χ2n) is 10.5. The van der Waals surface area contributed by atoms with Gasteiger partial charge in [-0.2, -0.15) is 17.7 Å². The van der Waals surface area contributed by atoms with Gasteiger partial charge in [-0.1, -0.05) is 6.92 Å². The lowest BCUT2D eigenvalue weighted by molar-refractivity contribution is -0.739. The Morgan fingerprint density at radius 3 is 2.61 bits per heavy atom. The summed E-state index contributed by atoms with van der Waals surface area (Å²) < 4.78 is 88.8. The molecule has 0 bridgehead atoms. The van der Waals surface area contributed by atoms with E-state index >= 15 is 8.78 Å². The molecule has 2 aliphatic heterocycles. The normalized spacial score (nSPS) is 27.2. The van der Waals surface area contributed by atoms with E-state index in [0.717, 1.165) is 11.8 Å². The number of hydrogen-bond acceptors (Lipinski definition) is 3. The number of nitrogens with zero attached hydrogens (tertiary/aromatic N) is 3. The fraction of sp³-hybridized carbons (Fsp3) is 0.444. The summed E-state index contributed by atoms with van der Waals surface area (Å²) in [7, 11) is 3.21. The van der Waals surface area contributed by atoms with Crippen molar-refractivity contribution >= 4 is 5.97 Å². The molecule has 38 heavy (non-hydrogen) atoms. The number of aromatic nitrogens is 3. The molecule has 1 fully saturated rings. The molecular formula is C27H26F5N3O3+2. The van der Waals surface area contributed by atoms with Crippen LogP contribution in [0, 0.1) is 24.5 Å². The number of aryl methyl sites for hydroxylation is 1. The molecule has 4 atom stereocenters. The minimum Gasteiger partial charge on any atom is -0.496 e. The Kier molecular flexibility index (Phi) is 4.92. The van der Waals surface area contributed by atoms with Crippen LogP contribution in [0.25, 0.3) is 11.3 Å². The van der Waals surface area contributed by atoms with Crippen molar-refractivity contribution in [2.45, 2.75) is 57.0 Å². The van der Waals surface area contributed by atoms with Crippen molar-refractivity contribution < 1.29 is 45.4 Å². The Morgan fingerprint density at radius 1 is 1.26 bits per heavy atom. The molecule has 2 aromatic heterocycles. The standard InChI is InChI=1S/C27H26F5N3O3/c1-6-26-15-10-16(28)20(27(30,31)32)21(29)19(15)17-9-14(37-5)7-8-35(17)25(26,3)23(26)18-11-34-12-33(4)13(2)22(34)24(36)38-18/h7-10,12,18,23H,6,11H2,1-5H3/q+2. The summed E-state index contributed by atoms with van der Waals surface area (Å²) in [5, 5.41) is 0. The molecule has 0 N–H and O–H groups in total. The first-order valence-corrected chi connectivity index (χ1v) is 12.3. The Morgan fingerprint density at radius 2 is 1.97 bits per heavy atom. The van der Waals surface area contributed by atoms with Gasteiger partial charge in [0.05, 0.1) is 37.1 Å². The summed E-state index contributed by atoms with van der Waals surface area (Å²) >= 11 is 0. The van der Waals surface area contributed by atoms with Crippen LogP contribution < -0.4 is 13.9 Å². The quantitative estimate of drug-likeness (QED) is 0.288. The maximum Gasteiger partial charge on any atom is 0.422 e. The maximum atomic E-state index is 15.8. The largest absolute Gasteiger partial charge is 0.496 e. The first-order chi connectivity index (χ1) is 17.8. The van der Waals surface area contributed by atoms with Crippen LogP contribution in [0.5, 0.6) is 5.75 Å². The van der Waals surface area contributed by atoms with Crippen molar-refractivity contribution in [2.24, 2.45) is 13.0 Å². The van der Waals surface area contributed by atoms with Crippen LogP contribution in [-0.4, -0.2) is 23.8 Å². The van der Waals surface area contributed by atoms with Gasteiger partial charge in [0.15, 0.2) is 29.4 Å². The second-order valence-corrected chi connectivity index (χ2v) is 10.5. The van der Waals surface area contributed by atoms with Crippen molar-refractivity contribution in [2.75, 3.05) is 7.11 Å².